The van der Waals surface area contributed by atoms with Gasteiger partial charge in [0, 0.05) is 10.5 Å². The van der Waals surface area contributed by atoms with Crippen LogP contribution in [-0.4, -0.2) is 18.0 Å². The van der Waals surface area contributed by atoms with Crippen molar-refractivity contribution in [1.82, 2.24) is 4.98 Å². The average molecular weight is 325 g/mol. The Hall–Kier alpha value is -1.95. The Morgan fingerprint density at radius 2 is 2.16 bits per heavy atom. The highest BCUT2D eigenvalue weighted by Crippen LogP contribution is 2.21. The highest BCUT2D eigenvalue weighted by Gasteiger charge is 2.15. The maximum atomic E-state index is 13.6. The minimum Gasteiger partial charge on any atom is -0.481 e. The molecule has 1 aromatic heterocycles. The van der Waals surface area contributed by atoms with Gasteiger partial charge in [-0.15, -0.1) is 0 Å². The highest BCUT2D eigenvalue weighted by atomic mass is 79.9. The third-order valence-electron chi connectivity index (χ3n) is 2.39. The predicted molar refractivity (Wildman–Crippen MR) is 72.8 cm³/mol. The Morgan fingerprint density at radius 1 is 1.37 bits per heavy atom. The number of halogens is 2. The van der Waals surface area contributed by atoms with Crippen LogP contribution in [0, 0.1) is 5.82 Å². The number of aromatic nitrogens is 1. The summed E-state index contributed by atoms with van der Waals surface area (Å²) < 4.78 is 18.9. The fraction of sp³-hybridized carbons (Fsp3) is 0.0769. The lowest BCUT2D eigenvalue weighted by Crippen LogP contribution is -2.14. The molecular formula is C13H10BrFN2O2. The third kappa shape index (κ3) is 3.08. The molecule has 4 nitrogen and oxygen atoms in total. The van der Waals surface area contributed by atoms with Crippen molar-refractivity contribution in [1.29, 1.82) is 0 Å². The second-order valence-electron chi connectivity index (χ2n) is 3.64. The average Bonchev–Trinajstić information content (AvgIpc) is 2.39. The minimum atomic E-state index is -0.589. The number of carbonyl (C=O) groups excluding carboxylic acids is 1. The van der Waals surface area contributed by atoms with E-state index in [4.69, 9.17) is 4.74 Å². The van der Waals surface area contributed by atoms with Gasteiger partial charge in [-0.05, 0) is 34.1 Å². The first-order valence-electron chi connectivity index (χ1n) is 5.37. The van der Waals surface area contributed by atoms with Gasteiger partial charge in [0.15, 0.2) is 0 Å². The van der Waals surface area contributed by atoms with Crippen molar-refractivity contribution in [3.8, 4) is 5.88 Å². The summed E-state index contributed by atoms with van der Waals surface area (Å²) in [6, 6.07) is 7.58. The SMILES string of the molecule is COc1ccc(NC(=O)c2c(F)cccc2Br)cn1. The molecular weight excluding hydrogens is 315 g/mol. The molecule has 2 aromatic rings. The standard InChI is InChI=1S/C13H10BrFN2O2/c1-19-11-6-5-8(7-16-11)17-13(18)12-9(14)3-2-4-10(12)15/h2-7H,1H3,(H,17,18). The van der Waals surface area contributed by atoms with Crippen LogP contribution in [0.4, 0.5) is 10.1 Å². The fourth-order valence-corrected chi connectivity index (χ4v) is 2.01. The van der Waals surface area contributed by atoms with E-state index in [-0.39, 0.29) is 5.56 Å². The molecule has 1 heterocycles. The van der Waals surface area contributed by atoms with Crippen LogP contribution < -0.4 is 10.1 Å². The Labute approximate surface area is 117 Å². The van der Waals surface area contributed by atoms with Gasteiger partial charge < -0.3 is 10.1 Å². The monoisotopic (exact) mass is 324 g/mol. The number of carbonyl (C=O) groups is 1. The summed E-state index contributed by atoms with van der Waals surface area (Å²) >= 11 is 3.15. The molecule has 0 aliphatic rings. The zero-order chi connectivity index (χ0) is 13.8. The van der Waals surface area contributed by atoms with Crippen LogP contribution in [0.25, 0.3) is 0 Å². The summed E-state index contributed by atoms with van der Waals surface area (Å²) in [5.74, 6) is -0.699. The molecule has 0 aliphatic carbocycles. The van der Waals surface area contributed by atoms with Gasteiger partial charge >= 0.3 is 0 Å². The summed E-state index contributed by atoms with van der Waals surface area (Å²) in [6.07, 6.45) is 1.44. The number of anilines is 1. The highest BCUT2D eigenvalue weighted by molar-refractivity contribution is 9.10. The van der Waals surface area contributed by atoms with Crippen molar-refractivity contribution in [3.63, 3.8) is 0 Å². The van der Waals surface area contributed by atoms with Crippen LogP contribution in [-0.2, 0) is 0 Å². The molecule has 0 fully saturated rings. The zero-order valence-corrected chi connectivity index (χ0v) is 11.6. The summed E-state index contributed by atoms with van der Waals surface area (Å²) in [5.41, 5.74) is 0.416. The Balaban J connectivity index is 2.21. The van der Waals surface area contributed by atoms with Crippen molar-refractivity contribution in [2.24, 2.45) is 0 Å². The summed E-state index contributed by atoms with van der Waals surface area (Å²) in [4.78, 5) is 15.9. The van der Waals surface area contributed by atoms with Gasteiger partial charge in [-0.1, -0.05) is 6.07 Å². The fourth-order valence-electron chi connectivity index (χ4n) is 1.48. The molecule has 0 saturated carbocycles. The summed E-state index contributed by atoms with van der Waals surface area (Å²) in [7, 11) is 1.50. The Morgan fingerprint density at radius 3 is 2.74 bits per heavy atom. The topological polar surface area (TPSA) is 51.2 Å². The zero-order valence-electron chi connectivity index (χ0n) is 9.98. The molecule has 1 amide bonds. The minimum absolute atomic E-state index is 0.0432. The maximum Gasteiger partial charge on any atom is 0.259 e. The molecule has 0 aliphatic heterocycles. The van der Waals surface area contributed by atoms with Crippen LogP contribution >= 0.6 is 15.9 Å². The van der Waals surface area contributed by atoms with Crippen LogP contribution in [0.2, 0.25) is 0 Å². The summed E-state index contributed by atoms with van der Waals surface area (Å²) in [5, 5.41) is 2.56. The normalized spacial score (nSPS) is 10.1. The lowest BCUT2D eigenvalue weighted by molar-refractivity contribution is 0.102. The first kappa shape index (κ1) is 13.5. The van der Waals surface area contributed by atoms with Crippen LogP contribution in [0.3, 0.4) is 0 Å². The molecule has 0 unspecified atom stereocenters. The second-order valence-corrected chi connectivity index (χ2v) is 4.49. The number of hydrogen-bond donors (Lipinski definition) is 1. The van der Waals surface area contributed by atoms with Crippen LogP contribution in [0.15, 0.2) is 41.0 Å². The van der Waals surface area contributed by atoms with E-state index in [0.29, 0.717) is 16.0 Å². The first-order valence-corrected chi connectivity index (χ1v) is 6.16. The number of benzene rings is 1. The number of rotatable bonds is 3. The van der Waals surface area contributed by atoms with Crippen molar-refractivity contribution in [2.45, 2.75) is 0 Å². The van der Waals surface area contributed by atoms with E-state index in [2.05, 4.69) is 26.2 Å². The molecule has 0 saturated heterocycles. The van der Waals surface area contributed by atoms with Crippen molar-refractivity contribution in [3.05, 3.63) is 52.4 Å². The largest absolute Gasteiger partial charge is 0.481 e. The molecule has 0 bridgehead atoms. The quantitative estimate of drug-likeness (QED) is 0.942. The number of methoxy groups -OCH3 is 1. The Bertz CT molecular complexity index is 582. The van der Waals surface area contributed by atoms with Gasteiger partial charge in [0.2, 0.25) is 5.88 Å². The van der Waals surface area contributed by atoms with Crippen LogP contribution in [0.5, 0.6) is 5.88 Å². The first-order chi connectivity index (χ1) is 9.11. The molecule has 2 rings (SSSR count). The number of hydrogen-bond acceptors (Lipinski definition) is 3. The maximum absolute atomic E-state index is 13.6. The van der Waals surface area contributed by atoms with Crippen LogP contribution in [0.1, 0.15) is 10.4 Å². The molecule has 6 heteroatoms. The van der Waals surface area contributed by atoms with Crippen molar-refractivity contribution >= 4 is 27.5 Å². The van der Waals surface area contributed by atoms with Gasteiger partial charge in [-0.2, -0.15) is 0 Å². The molecule has 98 valence electrons. The van der Waals surface area contributed by atoms with Gasteiger partial charge in [0.25, 0.3) is 5.91 Å². The molecule has 0 radical (unpaired) electrons. The van der Waals surface area contributed by atoms with E-state index < -0.39 is 11.7 Å². The summed E-state index contributed by atoms with van der Waals surface area (Å²) in [6.45, 7) is 0. The third-order valence-corrected chi connectivity index (χ3v) is 3.05. The second kappa shape index (κ2) is 5.79. The smallest absolute Gasteiger partial charge is 0.259 e. The van der Waals surface area contributed by atoms with Gasteiger partial charge in [-0.3, -0.25) is 4.79 Å². The van der Waals surface area contributed by atoms with Crippen molar-refractivity contribution < 1.29 is 13.9 Å². The van der Waals surface area contributed by atoms with E-state index >= 15 is 0 Å². The van der Waals surface area contributed by atoms with E-state index in [1.165, 1.54) is 25.4 Å². The number of nitrogens with zero attached hydrogens (tertiary/aromatic N) is 1. The lowest BCUT2D eigenvalue weighted by atomic mass is 10.2. The predicted octanol–water partition coefficient (Wildman–Crippen LogP) is 3.24. The molecule has 19 heavy (non-hydrogen) atoms. The number of pyridine rings is 1. The number of nitrogens with one attached hydrogen (secondary N) is 1. The lowest BCUT2D eigenvalue weighted by Gasteiger charge is -2.08. The molecule has 0 spiro atoms. The number of ether oxygens (including phenoxy) is 1. The van der Waals surface area contributed by atoms with Gasteiger partial charge in [0.05, 0.1) is 24.6 Å². The van der Waals surface area contributed by atoms with Gasteiger partial charge in [0.1, 0.15) is 5.82 Å². The Kier molecular flexibility index (Phi) is 4.11. The van der Waals surface area contributed by atoms with E-state index in [9.17, 15) is 9.18 Å². The molecule has 1 aromatic carbocycles. The number of amides is 1. The molecule has 0 atom stereocenters. The van der Waals surface area contributed by atoms with Gasteiger partial charge in [-0.25, -0.2) is 9.37 Å². The van der Waals surface area contributed by atoms with Crippen molar-refractivity contribution in [2.75, 3.05) is 12.4 Å². The van der Waals surface area contributed by atoms with E-state index in [0.717, 1.165) is 0 Å². The van der Waals surface area contributed by atoms with E-state index in [1.807, 2.05) is 0 Å². The van der Waals surface area contributed by atoms with E-state index in [1.54, 1.807) is 18.2 Å². The molecule has 1 N–H and O–H groups in total.